The van der Waals surface area contributed by atoms with Crippen molar-refractivity contribution >= 4 is 19.8 Å². The van der Waals surface area contributed by atoms with E-state index in [9.17, 15) is 24.2 Å². The van der Waals surface area contributed by atoms with Crippen molar-refractivity contribution in [3.05, 3.63) is 36.5 Å². The first-order chi connectivity index (χ1) is 27.2. The standard InChI is InChI=1S/C44H79O11P/c1-3-5-7-9-11-13-14-15-16-17-18-20-22-24-29-33-43(47)51-37-40(38-53-56(49,50)52-36-39(46)35-45)54-44(48)34-30-26-25-28-32-42-41(55-42)31-27-23-21-19-12-10-8-6-4-2/h12,19,23,25,27-28,39-42,45-46H,3-11,13-18,20-22,24,26,29-38H2,1-2H3,(H,49,50)/b19-12-,27-23-,28-25-/t39-,40+,41?,42?/m0/s1. The lowest BCUT2D eigenvalue weighted by molar-refractivity contribution is -0.161. The van der Waals surface area contributed by atoms with Gasteiger partial charge >= 0.3 is 19.8 Å². The number of ether oxygens (including phenoxy) is 3. The Morgan fingerprint density at radius 2 is 1.11 bits per heavy atom. The molecule has 1 aliphatic heterocycles. The number of rotatable bonds is 40. The van der Waals surface area contributed by atoms with Gasteiger partial charge < -0.3 is 29.3 Å². The topological polar surface area (TPSA) is 161 Å². The molecule has 0 aromatic rings. The Morgan fingerprint density at radius 1 is 0.625 bits per heavy atom. The van der Waals surface area contributed by atoms with E-state index >= 15 is 0 Å². The van der Waals surface area contributed by atoms with Gasteiger partial charge in [0.2, 0.25) is 0 Å². The van der Waals surface area contributed by atoms with E-state index in [1.807, 2.05) is 6.08 Å². The second-order valence-corrected chi connectivity index (χ2v) is 16.6. The van der Waals surface area contributed by atoms with Gasteiger partial charge in [-0.1, -0.05) is 153 Å². The average molecular weight is 815 g/mol. The second kappa shape index (κ2) is 36.2. The van der Waals surface area contributed by atoms with Crippen molar-refractivity contribution in [1.82, 2.24) is 0 Å². The first kappa shape index (κ1) is 52.2. The highest BCUT2D eigenvalue weighted by Crippen LogP contribution is 2.43. The molecule has 3 N–H and O–H groups in total. The molecule has 0 aromatic carbocycles. The molecule has 1 aliphatic rings. The number of unbranched alkanes of at least 4 members (excludes halogenated alkanes) is 18. The molecule has 0 aromatic heterocycles. The quantitative estimate of drug-likeness (QED) is 0.0177. The molecule has 0 spiro atoms. The van der Waals surface area contributed by atoms with Gasteiger partial charge in [0.15, 0.2) is 6.10 Å². The molecule has 56 heavy (non-hydrogen) atoms. The molecular formula is C44H79O11P. The van der Waals surface area contributed by atoms with Gasteiger partial charge in [0.05, 0.1) is 32.0 Å². The second-order valence-electron chi connectivity index (χ2n) is 15.1. The predicted molar refractivity (Wildman–Crippen MR) is 223 cm³/mol. The zero-order valence-corrected chi connectivity index (χ0v) is 35.9. The molecule has 0 radical (unpaired) electrons. The van der Waals surface area contributed by atoms with Crippen molar-refractivity contribution < 1.29 is 52.5 Å². The zero-order valence-electron chi connectivity index (χ0n) is 35.0. The van der Waals surface area contributed by atoms with Crippen LogP contribution in [0.15, 0.2) is 36.5 Å². The summed E-state index contributed by atoms with van der Waals surface area (Å²) >= 11 is 0. The number of phosphoric ester groups is 1. The van der Waals surface area contributed by atoms with E-state index in [0.29, 0.717) is 19.3 Å². The van der Waals surface area contributed by atoms with Crippen molar-refractivity contribution in [2.24, 2.45) is 0 Å². The first-order valence-corrected chi connectivity index (χ1v) is 23.6. The van der Waals surface area contributed by atoms with E-state index < -0.39 is 51.8 Å². The van der Waals surface area contributed by atoms with Crippen LogP contribution in [-0.4, -0.2) is 77.9 Å². The van der Waals surface area contributed by atoms with Crippen molar-refractivity contribution in [2.45, 2.75) is 205 Å². The molecule has 1 rings (SSSR count). The molecule has 0 amide bonds. The van der Waals surface area contributed by atoms with E-state index in [0.717, 1.165) is 44.9 Å². The highest BCUT2D eigenvalue weighted by atomic mass is 31.2. The van der Waals surface area contributed by atoms with Gasteiger partial charge in [-0.05, 0) is 51.4 Å². The Labute approximate surface area is 339 Å². The number of aliphatic hydroxyl groups excluding tert-OH is 2. The van der Waals surface area contributed by atoms with Gasteiger partial charge in [-0.3, -0.25) is 18.6 Å². The van der Waals surface area contributed by atoms with Crippen LogP contribution < -0.4 is 0 Å². The summed E-state index contributed by atoms with van der Waals surface area (Å²) in [6.45, 7) is 2.28. The summed E-state index contributed by atoms with van der Waals surface area (Å²) in [7, 11) is -4.64. The normalized spacial score (nSPS) is 17.8. The lowest BCUT2D eigenvalue weighted by Gasteiger charge is -2.20. The molecule has 1 heterocycles. The number of phosphoric acid groups is 1. The molecule has 3 unspecified atom stereocenters. The average Bonchev–Trinajstić information content (AvgIpc) is 3.94. The van der Waals surface area contributed by atoms with E-state index in [-0.39, 0.29) is 31.7 Å². The molecule has 1 fully saturated rings. The fraction of sp³-hybridized carbons (Fsp3) is 0.818. The Balaban J connectivity index is 2.29. The van der Waals surface area contributed by atoms with Crippen molar-refractivity contribution in [1.29, 1.82) is 0 Å². The van der Waals surface area contributed by atoms with Gasteiger partial charge in [-0.15, -0.1) is 0 Å². The summed E-state index contributed by atoms with van der Waals surface area (Å²) in [5, 5.41) is 18.3. The summed E-state index contributed by atoms with van der Waals surface area (Å²) in [5.74, 6) is -0.994. The summed E-state index contributed by atoms with van der Waals surface area (Å²) in [5.41, 5.74) is 0. The van der Waals surface area contributed by atoms with Crippen LogP contribution in [0.1, 0.15) is 181 Å². The van der Waals surface area contributed by atoms with Crippen LogP contribution in [0, 0.1) is 0 Å². The van der Waals surface area contributed by atoms with Crippen LogP contribution in [0.2, 0.25) is 0 Å². The summed E-state index contributed by atoms with van der Waals surface area (Å²) in [4.78, 5) is 35.0. The van der Waals surface area contributed by atoms with Gasteiger partial charge in [-0.25, -0.2) is 4.57 Å². The molecule has 5 atom stereocenters. The van der Waals surface area contributed by atoms with Crippen molar-refractivity contribution in [2.75, 3.05) is 26.4 Å². The molecule has 12 heteroatoms. The lowest BCUT2D eigenvalue weighted by Crippen LogP contribution is -2.29. The molecule has 11 nitrogen and oxygen atoms in total. The van der Waals surface area contributed by atoms with Crippen LogP contribution in [0.25, 0.3) is 0 Å². The van der Waals surface area contributed by atoms with Crippen molar-refractivity contribution in [3.8, 4) is 0 Å². The number of hydrogen-bond donors (Lipinski definition) is 3. The number of epoxide rings is 1. The van der Waals surface area contributed by atoms with Gasteiger partial charge in [-0.2, -0.15) is 0 Å². The maximum Gasteiger partial charge on any atom is 0.472 e. The fourth-order valence-electron chi connectivity index (χ4n) is 6.14. The van der Waals surface area contributed by atoms with Crippen LogP contribution in [0.4, 0.5) is 0 Å². The predicted octanol–water partition coefficient (Wildman–Crippen LogP) is 10.5. The van der Waals surface area contributed by atoms with Crippen LogP contribution in [0.5, 0.6) is 0 Å². The Bertz CT molecular complexity index is 1090. The summed E-state index contributed by atoms with van der Waals surface area (Å²) < 4.78 is 38.4. The van der Waals surface area contributed by atoms with Gasteiger partial charge in [0, 0.05) is 12.8 Å². The third-order valence-electron chi connectivity index (χ3n) is 9.70. The lowest BCUT2D eigenvalue weighted by atomic mass is 10.0. The minimum absolute atomic E-state index is 0.101. The van der Waals surface area contributed by atoms with Crippen molar-refractivity contribution in [3.63, 3.8) is 0 Å². The maximum atomic E-state index is 12.6. The highest BCUT2D eigenvalue weighted by Gasteiger charge is 2.36. The number of aliphatic hydroxyl groups is 2. The number of carbonyl (C=O) groups is 2. The van der Waals surface area contributed by atoms with E-state index in [4.69, 9.17) is 23.8 Å². The van der Waals surface area contributed by atoms with Gasteiger partial charge in [0.1, 0.15) is 12.7 Å². The summed E-state index contributed by atoms with van der Waals surface area (Å²) in [6.07, 6.45) is 38.5. The van der Waals surface area contributed by atoms with Crippen LogP contribution in [0.3, 0.4) is 0 Å². The SMILES string of the molecule is CCCCC/C=C\C/C=C\CC1OC1C/C=C\CCCC(=O)O[C@H](COC(=O)CCCCCCCCCCCCCCCCC)COP(=O)(O)OC[C@@H](O)CO. The van der Waals surface area contributed by atoms with E-state index in [2.05, 4.69) is 48.8 Å². The minimum Gasteiger partial charge on any atom is -0.462 e. The highest BCUT2D eigenvalue weighted by molar-refractivity contribution is 7.47. The summed E-state index contributed by atoms with van der Waals surface area (Å²) in [6, 6.07) is 0. The number of carbonyl (C=O) groups excluding carboxylic acids is 2. The molecule has 0 saturated carbocycles. The van der Waals surface area contributed by atoms with Crippen LogP contribution >= 0.6 is 7.82 Å². The van der Waals surface area contributed by atoms with Gasteiger partial charge in [0.25, 0.3) is 0 Å². The molecule has 0 aliphatic carbocycles. The van der Waals surface area contributed by atoms with Crippen LogP contribution in [-0.2, 0) is 37.4 Å². The first-order valence-electron chi connectivity index (χ1n) is 22.1. The largest absolute Gasteiger partial charge is 0.472 e. The smallest absolute Gasteiger partial charge is 0.462 e. The molecule has 0 bridgehead atoms. The van der Waals surface area contributed by atoms with E-state index in [1.54, 1.807) is 0 Å². The fourth-order valence-corrected chi connectivity index (χ4v) is 6.93. The monoisotopic (exact) mass is 815 g/mol. The van der Waals surface area contributed by atoms with E-state index in [1.165, 1.54) is 89.9 Å². The number of hydrogen-bond acceptors (Lipinski definition) is 10. The number of esters is 2. The molecule has 326 valence electrons. The third kappa shape index (κ3) is 33.2. The minimum atomic E-state index is -4.64. The Kier molecular flexibility index (Phi) is 33.8. The maximum absolute atomic E-state index is 12.6. The third-order valence-corrected chi connectivity index (χ3v) is 10.7. The molecule has 1 saturated heterocycles. The Morgan fingerprint density at radius 3 is 1.71 bits per heavy atom. The number of allylic oxidation sites excluding steroid dienone is 4. The molecular weight excluding hydrogens is 735 g/mol. The Hall–Kier alpha value is -1.85. The zero-order chi connectivity index (χ0) is 41.0.